The quantitative estimate of drug-likeness (QED) is 0.787. The summed E-state index contributed by atoms with van der Waals surface area (Å²) in [7, 11) is 1.31. The molecule has 0 atom stereocenters. The highest BCUT2D eigenvalue weighted by Gasteiger charge is 2.01. The Bertz CT molecular complexity index is 347. The predicted octanol–water partition coefficient (Wildman–Crippen LogP) is 0.555. The minimum absolute atomic E-state index is 0.114. The molecule has 1 aromatic rings. The fourth-order valence-electron chi connectivity index (χ4n) is 0.677. The summed E-state index contributed by atoms with van der Waals surface area (Å²) in [5.74, 6) is -0.114. The molecule has 0 unspecified atom stereocenters. The second-order valence-corrected chi connectivity index (χ2v) is 2.89. The molecule has 0 spiro atoms. The summed E-state index contributed by atoms with van der Waals surface area (Å²) in [5.41, 5.74) is 0.578. The van der Waals surface area contributed by atoms with E-state index >= 15 is 0 Å². The third-order valence-electron chi connectivity index (χ3n) is 1.32. The summed E-state index contributed by atoms with van der Waals surface area (Å²) in [6.45, 7) is 2.13. The van der Waals surface area contributed by atoms with Gasteiger partial charge >= 0.3 is 0 Å². The molecule has 0 bridgehead atoms. The van der Waals surface area contributed by atoms with E-state index in [2.05, 4.69) is 20.0 Å². The number of hydrogen-bond donors (Lipinski definition) is 1. The number of hydrogen-bond acceptors (Lipinski definition) is 5. The molecule has 7 heteroatoms. The summed E-state index contributed by atoms with van der Waals surface area (Å²) < 4.78 is 3.86. The van der Waals surface area contributed by atoms with Crippen LogP contribution in [0.4, 0.5) is 0 Å². The molecule has 1 N–H and O–H groups in total. The average molecular weight is 246 g/mol. The van der Waals surface area contributed by atoms with Crippen molar-refractivity contribution in [1.82, 2.24) is 15.3 Å². The van der Waals surface area contributed by atoms with Crippen LogP contribution in [0.1, 0.15) is 12.6 Å². The van der Waals surface area contributed by atoms with Crippen molar-refractivity contribution < 1.29 is 14.3 Å². The molecule has 0 fully saturated rings. The Balaban J connectivity index is 0.000000487. The maximum absolute atomic E-state index is 10.5. The van der Waals surface area contributed by atoms with E-state index in [0.29, 0.717) is 23.9 Å². The topological polar surface area (TPSA) is 81.2 Å². The molecule has 16 heavy (non-hydrogen) atoms. The lowest BCUT2D eigenvalue weighted by molar-refractivity contribution is -0.126. The van der Waals surface area contributed by atoms with E-state index in [1.54, 1.807) is 0 Å². The Morgan fingerprint density at radius 2 is 2.12 bits per heavy atom. The van der Waals surface area contributed by atoms with E-state index in [4.69, 9.17) is 16.4 Å². The molecule has 0 aliphatic rings. The van der Waals surface area contributed by atoms with Gasteiger partial charge in [-0.05, 0) is 0 Å². The highest BCUT2D eigenvalue weighted by Crippen LogP contribution is 2.07. The van der Waals surface area contributed by atoms with E-state index < -0.39 is 0 Å². The largest absolute Gasteiger partial charge is 0.471 e. The lowest BCUT2D eigenvalue weighted by atomic mass is 10.4. The molecule has 0 aromatic carbocycles. The number of ether oxygens (including phenoxy) is 1. The summed E-state index contributed by atoms with van der Waals surface area (Å²) in [4.78, 5) is 27.2. The van der Waals surface area contributed by atoms with E-state index in [1.165, 1.54) is 26.4 Å². The highest BCUT2D eigenvalue weighted by atomic mass is 35.5. The first-order chi connectivity index (χ1) is 7.61. The number of amides is 1. The minimum atomic E-state index is -0.114. The molecule has 88 valence electrons. The van der Waals surface area contributed by atoms with Gasteiger partial charge in [0, 0.05) is 19.3 Å². The van der Waals surface area contributed by atoms with Gasteiger partial charge in [-0.3, -0.25) is 14.6 Å². The first-order valence-corrected chi connectivity index (χ1v) is 4.65. The number of halogens is 1. The molecule has 1 heterocycles. The molecule has 6 nitrogen and oxygen atoms in total. The number of rotatable bonds is 3. The Hall–Kier alpha value is -1.69. The van der Waals surface area contributed by atoms with Crippen LogP contribution in [0.15, 0.2) is 12.4 Å². The van der Waals surface area contributed by atoms with Crippen LogP contribution >= 0.6 is 11.6 Å². The molecule has 1 rings (SSSR count). The van der Waals surface area contributed by atoms with Gasteiger partial charge in [-0.15, -0.1) is 0 Å². The molecular weight excluding hydrogens is 234 g/mol. The average Bonchev–Trinajstić information content (AvgIpc) is 2.28. The van der Waals surface area contributed by atoms with Gasteiger partial charge in [0.25, 0.3) is 6.47 Å². The summed E-state index contributed by atoms with van der Waals surface area (Å²) in [6.07, 6.45) is 3.03. The lowest BCUT2D eigenvalue weighted by Crippen LogP contribution is -2.19. The third kappa shape index (κ3) is 6.72. The Labute approximate surface area is 98.0 Å². The minimum Gasteiger partial charge on any atom is -0.471 e. The van der Waals surface area contributed by atoms with Crippen molar-refractivity contribution >= 4 is 24.0 Å². The van der Waals surface area contributed by atoms with Crippen molar-refractivity contribution in [3.05, 3.63) is 23.2 Å². The molecule has 1 aromatic heterocycles. The van der Waals surface area contributed by atoms with Crippen LogP contribution in [-0.2, 0) is 20.9 Å². The maximum Gasteiger partial charge on any atom is 0.292 e. The normalized spacial score (nSPS) is 8.44. The SMILES string of the molecule is CC(=O)NCc1nccnc1Cl.COC=O. The highest BCUT2D eigenvalue weighted by molar-refractivity contribution is 6.29. The summed E-state index contributed by atoms with van der Waals surface area (Å²) >= 11 is 5.68. The van der Waals surface area contributed by atoms with Crippen LogP contribution in [0.5, 0.6) is 0 Å². The van der Waals surface area contributed by atoms with Gasteiger partial charge in [0.15, 0.2) is 5.15 Å². The van der Waals surface area contributed by atoms with Gasteiger partial charge in [-0.1, -0.05) is 11.6 Å². The number of nitrogens with one attached hydrogen (secondary N) is 1. The van der Waals surface area contributed by atoms with Crippen molar-refractivity contribution in [2.24, 2.45) is 0 Å². The van der Waals surface area contributed by atoms with E-state index in [1.807, 2.05) is 0 Å². The van der Waals surface area contributed by atoms with Crippen molar-refractivity contribution in [1.29, 1.82) is 0 Å². The second-order valence-electron chi connectivity index (χ2n) is 2.54. The van der Waals surface area contributed by atoms with Crippen LogP contribution in [0.25, 0.3) is 0 Å². The van der Waals surface area contributed by atoms with Gasteiger partial charge in [-0.25, -0.2) is 4.98 Å². The molecule has 0 radical (unpaired) electrons. The van der Waals surface area contributed by atoms with Gasteiger partial charge in [0.2, 0.25) is 5.91 Å². The molecule has 0 aliphatic heterocycles. The monoisotopic (exact) mass is 245 g/mol. The number of aromatic nitrogens is 2. The Morgan fingerprint density at radius 1 is 1.56 bits per heavy atom. The summed E-state index contributed by atoms with van der Waals surface area (Å²) in [6, 6.07) is 0. The van der Waals surface area contributed by atoms with Gasteiger partial charge in [0.1, 0.15) is 0 Å². The maximum atomic E-state index is 10.5. The van der Waals surface area contributed by atoms with Crippen LogP contribution in [-0.4, -0.2) is 29.5 Å². The summed E-state index contributed by atoms with van der Waals surface area (Å²) in [5, 5.41) is 2.90. The molecule has 0 saturated carbocycles. The van der Waals surface area contributed by atoms with Gasteiger partial charge in [-0.2, -0.15) is 0 Å². The zero-order valence-electron chi connectivity index (χ0n) is 8.94. The third-order valence-corrected chi connectivity index (χ3v) is 1.64. The predicted molar refractivity (Wildman–Crippen MR) is 57.6 cm³/mol. The Morgan fingerprint density at radius 3 is 2.56 bits per heavy atom. The zero-order chi connectivity index (χ0) is 12.4. The van der Waals surface area contributed by atoms with Crippen molar-refractivity contribution in [3.8, 4) is 0 Å². The first-order valence-electron chi connectivity index (χ1n) is 4.28. The fourth-order valence-corrected chi connectivity index (χ4v) is 0.849. The van der Waals surface area contributed by atoms with E-state index in [-0.39, 0.29) is 5.91 Å². The first kappa shape index (κ1) is 14.3. The van der Waals surface area contributed by atoms with Crippen molar-refractivity contribution in [2.75, 3.05) is 7.11 Å². The lowest BCUT2D eigenvalue weighted by Gasteiger charge is -2.01. The smallest absolute Gasteiger partial charge is 0.292 e. The van der Waals surface area contributed by atoms with Crippen molar-refractivity contribution in [2.45, 2.75) is 13.5 Å². The molecule has 0 saturated heterocycles. The van der Waals surface area contributed by atoms with Crippen LogP contribution in [0, 0.1) is 0 Å². The van der Waals surface area contributed by atoms with Crippen LogP contribution in [0.3, 0.4) is 0 Å². The number of methoxy groups -OCH3 is 1. The van der Waals surface area contributed by atoms with E-state index in [9.17, 15) is 4.79 Å². The second kappa shape index (κ2) is 8.60. The van der Waals surface area contributed by atoms with Crippen molar-refractivity contribution in [3.63, 3.8) is 0 Å². The van der Waals surface area contributed by atoms with Gasteiger partial charge < -0.3 is 10.1 Å². The molecular formula is C9H12ClN3O3. The van der Waals surface area contributed by atoms with Crippen LogP contribution < -0.4 is 5.32 Å². The fraction of sp³-hybridized carbons (Fsp3) is 0.333. The van der Waals surface area contributed by atoms with Crippen LogP contribution in [0.2, 0.25) is 5.15 Å². The zero-order valence-corrected chi connectivity index (χ0v) is 9.69. The number of carbonyl (C=O) groups excluding carboxylic acids is 2. The van der Waals surface area contributed by atoms with Gasteiger partial charge in [0.05, 0.1) is 19.3 Å². The Kier molecular flexibility index (Phi) is 7.70. The molecule has 1 amide bonds. The standard InChI is InChI=1S/C7H8ClN3O.C2H4O2/c1-5(12)11-4-6-7(8)10-3-2-9-6;1-4-2-3/h2-3H,4H2,1H3,(H,11,12);2H,1H3. The van der Waals surface area contributed by atoms with E-state index in [0.717, 1.165) is 0 Å². The number of nitrogens with zero attached hydrogens (tertiary/aromatic N) is 2. The molecule has 0 aliphatic carbocycles. The number of carbonyl (C=O) groups is 2.